The van der Waals surface area contributed by atoms with Crippen molar-refractivity contribution in [2.45, 2.75) is 19.8 Å². The molecule has 0 fully saturated rings. The predicted molar refractivity (Wildman–Crippen MR) is 72.3 cm³/mol. The van der Waals surface area contributed by atoms with Gasteiger partial charge in [-0.3, -0.25) is 0 Å². The van der Waals surface area contributed by atoms with Gasteiger partial charge < -0.3 is 5.11 Å². The van der Waals surface area contributed by atoms with Crippen LogP contribution in [0.4, 0.5) is 0 Å². The molecule has 1 aromatic heterocycles. The monoisotopic (exact) mass is 308 g/mol. The summed E-state index contributed by atoms with van der Waals surface area (Å²) in [6.07, 6.45) is 0. The molecule has 0 unspecified atom stereocenters. The van der Waals surface area contributed by atoms with E-state index >= 15 is 0 Å². The van der Waals surface area contributed by atoms with Gasteiger partial charge in [-0.05, 0) is 34.0 Å². The van der Waals surface area contributed by atoms with Crippen LogP contribution in [0.3, 0.4) is 0 Å². The number of halogens is 1. The number of carboxylic acids is 1. The van der Waals surface area contributed by atoms with Gasteiger partial charge in [0, 0.05) is 0 Å². The second kappa shape index (κ2) is 4.94. The average Bonchev–Trinajstić information content (AvgIpc) is 2.68. The van der Waals surface area contributed by atoms with Crippen molar-refractivity contribution in [1.29, 1.82) is 0 Å². The third-order valence-electron chi connectivity index (χ3n) is 2.61. The van der Waals surface area contributed by atoms with Gasteiger partial charge in [0.2, 0.25) is 0 Å². The molecule has 0 aliphatic carbocycles. The Morgan fingerprint density at radius 3 is 2.44 bits per heavy atom. The molecule has 0 atom stereocenters. The summed E-state index contributed by atoms with van der Waals surface area (Å²) < 4.78 is 2.23. The zero-order valence-corrected chi connectivity index (χ0v) is 11.7. The Morgan fingerprint density at radius 1 is 1.33 bits per heavy atom. The van der Waals surface area contributed by atoms with Gasteiger partial charge in [0.05, 0.1) is 15.9 Å². The van der Waals surface area contributed by atoms with E-state index in [1.165, 1.54) is 0 Å². The summed E-state index contributed by atoms with van der Waals surface area (Å²) >= 11 is 3.34. The van der Waals surface area contributed by atoms with Crippen LogP contribution in [0.25, 0.3) is 5.69 Å². The lowest BCUT2D eigenvalue weighted by atomic mass is 10.1. The molecule has 0 saturated heterocycles. The van der Waals surface area contributed by atoms with E-state index in [2.05, 4.69) is 21.0 Å². The van der Waals surface area contributed by atoms with Crippen molar-refractivity contribution in [2.24, 2.45) is 0 Å². The van der Waals surface area contributed by atoms with Crippen molar-refractivity contribution in [1.82, 2.24) is 9.78 Å². The highest BCUT2D eigenvalue weighted by Gasteiger charge is 2.23. The van der Waals surface area contributed by atoms with Crippen LogP contribution in [0, 0.1) is 0 Å². The smallest absolute Gasteiger partial charge is 0.357 e. The average molecular weight is 309 g/mol. The summed E-state index contributed by atoms with van der Waals surface area (Å²) in [5.41, 5.74) is 1.76. The van der Waals surface area contributed by atoms with Gasteiger partial charge in [-0.25, -0.2) is 9.48 Å². The van der Waals surface area contributed by atoms with Crippen molar-refractivity contribution < 1.29 is 9.90 Å². The first-order chi connectivity index (χ1) is 8.52. The van der Waals surface area contributed by atoms with Crippen LogP contribution in [-0.2, 0) is 0 Å². The molecule has 94 valence electrons. The summed E-state index contributed by atoms with van der Waals surface area (Å²) in [5, 5.41) is 13.3. The molecule has 18 heavy (non-hydrogen) atoms. The highest BCUT2D eigenvalue weighted by molar-refractivity contribution is 9.10. The number of carbonyl (C=O) groups is 1. The topological polar surface area (TPSA) is 55.1 Å². The maximum absolute atomic E-state index is 11.1. The van der Waals surface area contributed by atoms with Gasteiger partial charge in [-0.1, -0.05) is 32.0 Å². The van der Waals surface area contributed by atoms with Crippen LogP contribution >= 0.6 is 15.9 Å². The molecule has 0 amide bonds. The van der Waals surface area contributed by atoms with Crippen molar-refractivity contribution in [3.05, 3.63) is 46.2 Å². The fourth-order valence-corrected chi connectivity index (χ4v) is 2.69. The lowest BCUT2D eigenvalue weighted by molar-refractivity contribution is 0.0689. The maximum atomic E-state index is 11.1. The minimum Gasteiger partial charge on any atom is -0.476 e. The Bertz CT molecular complexity index is 576. The van der Waals surface area contributed by atoms with Gasteiger partial charge >= 0.3 is 5.97 Å². The highest BCUT2D eigenvalue weighted by atomic mass is 79.9. The molecule has 1 N–H and O–H groups in total. The minimum absolute atomic E-state index is 0.0440. The number of aromatic nitrogens is 2. The first-order valence-corrected chi connectivity index (χ1v) is 6.38. The minimum atomic E-state index is -1.03. The molecule has 0 spiro atoms. The molecule has 2 rings (SSSR count). The second-order valence-electron chi connectivity index (χ2n) is 4.26. The zero-order valence-electron chi connectivity index (χ0n) is 10.1. The van der Waals surface area contributed by atoms with Gasteiger partial charge in [0.15, 0.2) is 5.69 Å². The number of hydrogen-bond donors (Lipinski definition) is 1. The normalized spacial score (nSPS) is 10.9. The summed E-state index contributed by atoms with van der Waals surface area (Å²) in [4.78, 5) is 11.1. The Morgan fingerprint density at radius 2 is 1.94 bits per heavy atom. The number of benzene rings is 1. The predicted octanol–water partition coefficient (Wildman–Crippen LogP) is 3.46. The summed E-state index contributed by atoms with van der Waals surface area (Å²) in [7, 11) is 0. The Balaban J connectivity index is 2.67. The molecule has 1 heterocycles. The molecule has 4 nitrogen and oxygen atoms in total. The summed E-state index contributed by atoms with van der Waals surface area (Å²) in [6, 6.07) is 9.51. The van der Waals surface area contributed by atoms with Crippen LogP contribution in [0.2, 0.25) is 0 Å². The molecule has 2 aromatic rings. The van der Waals surface area contributed by atoms with Crippen LogP contribution in [0.15, 0.2) is 34.8 Å². The number of nitrogens with zero attached hydrogens (tertiary/aromatic N) is 2. The fourth-order valence-electron chi connectivity index (χ4n) is 1.81. The first kappa shape index (κ1) is 12.8. The fraction of sp³-hybridized carbons (Fsp3) is 0.231. The Kier molecular flexibility index (Phi) is 3.52. The van der Waals surface area contributed by atoms with Crippen molar-refractivity contribution in [2.75, 3.05) is 0 Å². The molecule has 0 saturated carbocycles. The van der Waals surface area contributed by atoms with E-state index in [-0.39, 0.29) is 11.6 Å². The highest BCUT2D eigenvalue weighted by Crippen LogP contribution is 2.30. The summed E-state index contributed by atoms with van der Waals surface area (Å²) in [5.74, 6) is -0.862. The van der Waals surface area contributed by atoms with Crippen molar-refractivity contribution >= 4 is 21.9 Å². The van der Waals surface area contributed by atoms with E-state index in [0.29, 0.717) is 4.47 Å². The molecular weight excluding hydrogens is 296 g/mol. The number of para-hydroxylation sites is 1. The lowest BCUT2D eigenvalue weighted by Gasteiger charge is -2.10. The molecular formula is C13H13BrN2O2. The van der Waals surface area contributed by atoms with Gasteiger partial charge in [0.1, 0.15) is 0 Å². The number of carboxylic acid groups (broad SMARTS) is 1. The van der Waals surface area contributed by atoms with E-state index < -0.39 is 5.97 Å². The van der Waals surface area contributed by atoms with E-state index in [0.717, 1.165) is 11.4 Å². The van der Waals surface area contributed by atoms with E-state index in [4.69, 9.17) is 5.11 Å². The van der Waals surface area contributed by atoms with E-state index in [9.17, 15) is 4.79 Å². The van der Waals surface area contributed by atoms with Crippen molar-refractivity contribution in [3.8, 4) is 5.69 Å². The maximum Gasteiger partial charge on any atom is 0.357 e. The molecule has 0 aliphatic rings. The zero-order chi connectivity index (χ0) is 13.3. The third kappa shape index (κ3) is 2.18. The quantitative estimate of drug-likeness (QED) is 0.944. The largest absolute Gasteiger partial charge is 0.476 e. The van der Waals surface area contributed by atoms with Crippen LogP contribution in [-0.4, -0.2) is 20.9 Å². The van der Waals surface area contributed by atoms with Gasteiger partial charge in [-0.15, -0.1) is 0 Å². The third-order valence-corrected chi connectivity index (χ3v) is 3.39. The SMILES string of the molecule is CC(C)c1c(Br)c(C(=O)O)nn1-c1ccccc1. The summed E-state index contributed by atoms with van der Waals surface area (Å²) in [6.45, 7) is 4.01. The van der Waals surface area contributed by atoms with Gasteiger partial charge in [0.25, 0.3) is 0 Å². The van der Waals surface area contributed by atoms with E-state index in [1.54, 1.807) is 4.68 Å². The number of hydrogen-bond acceptors (Lipinski definition) is 2. The molecule has 0 radical (unpaired) electrons. The molecule has 5 heteroatoms. The number of aromatic carboxylic acids is 1. The molecule has 1 aromatic carbocycles. The molecule has 0 bridgehead atoms. The Hall–Kier alpha value is -1.62. The lowest BCUT2D eigenvalue weighted by Crippen LogP contribution is -2.04. The van der Waals surface area contributed by atoms with Crippen LogP contribution in [0.5, 0.6) is 0 Å². The van der Waals surface area contributed by atoms with Crippen molar-refractivity contribution in [3.63, 3.8) is 0 Å². The van der Waals surface area contributed by atoms with Crippen LogP contribution in [0.1, 0.15) is 35.9 Å². The molecule has 0 aliphatic heterocycles. The first-order valence-electron chi connectivity index (χ1n) is 5.59. The standard InChI is InChI=1S/C13H13BrN2O2/c1-8(2)12-10(14)11(13(17)18)15-16(12)9-6-4-3-5-7-9/h3-8H,1-2H3,(H,17,18). The Labute approximate surface area is 113 Å². The number of rotatable bonds is 3. The second-order valence-corrected chi connectivity index (χ2v) is 5.05. The van der Waals surface area contributed by atoms with E-state index in [1.807, 2.05) is 44.2 Å². The van der Waals surface area contributed by atoms with Crippen LogP contribution < -0.4 is 0 Å². The van der Waals surface area contributed by atoms with Gasteiger partial charge in [-0.2, -0.15) is 5.10 Å².